The first-order valence-electron chi connectivity index (χ1n) is 9.39. The molecule has 2 heterocycles. The molecule has 0 fully saturated rings. The van der Waals surface area contributed by atoms with E-state index >= 15 is 0 Å². The van der Waals surface area contributed by atoms with Gasteiger partial charge in [-0.05, 0) is 65.5 Å². The Balaban J connectivity index is 1.81. The van der Waals surface area contributed by atoms with Crippen LogP contribution in [-0.4, -0.2) is 44.7 Å². The highest BCUT2D eigenvalue weighted by molar-refractivity contribution is 9.10. The Kier molecular flexibility index (Phi) is 7.00. The summed E-state index contributed by atoms with van der Waals surface area (Å²) in [5, 5.41) is 22.4. The Morgan fingerprint density at radius 3 is 2.62 bits per heavy atom. The predicted molar refractivity (Wildman–Crippen MR) is 113 cm³/mol. The van der Waals surface area contributed by atoms with Crippen LogP contribution in [-0.2, 0) is 6.42 Å². The summed E-state index contributed by atoms with van der Waals surface area (Å²) in [6, 6.07) is 9.29. The Morgan fingerprint density at radius 2 is 1.93 bits per heavy atom. The molecule has 0 aliphatic rings. The average molecular weight is 462 g/mol. The summed E-state index contributed by atoms with van der Waals surface area (Å²) in [5.74, 6) is 1.96. The molecule has 1 atom stereocenters. The number of halogens is 1. The van der Waals surface area contributed by atoms with Gasteiger partial charge in [0.25, 0.3) is 5.89 Å². The maximum Gasteiger partial charge on any atom is 0.258 e. The van der Waals surface area contributed by atoms with Crippen LogP contribution in [0.2, 0.25) is 0 Å². The number of hydrogen-bond donors (Lipinski definition) is 2. The van der Waals surface area contributed by atoms with Gasteiger partial charge < -0.3 is 19.5 Å². The molecule has 0 amide bonds. The smallest absolute Gasteiger partial charge is 0.258 e. The van der Waals surface area contributed by atoms with E-state index in [1.54, 1.807) is 6.07 Å². The molecular weight excluding hydrogens is 438 g/mol. The van der Waals surface area contributed by atoms with E-state index in [0.29, 0.717) is 27.9 Å². The second-order valence-corrected chi connectivity index (χ2v) is 8.16. The van der Waals surface area contributed by atoms with E-state index in [9.17, 15) is 5.11 Å². The van der Waals surface area contributed by atoms with Gasteiger partial charge in [-0.1, -0.05) is 19.0 Å². The molecule has 0 aliphatic carbocycles. The van der Waals surface area contributed by atoms with Gasteiger partial charge in [-0.15, -0.1) is 0 Å². The van der Waals surface area contributed by atoms with Crippen LogP contribution in [0.1, 0.15) is 25.2 Å². The van der Waals surface area contributed by atoms with Gasteiger partial charge in [-0.3, -0.25) is 4.98 Å². The lowest BCUT2D eigenvalue weighted by Gasteiger charge is -2.11. The summed E-state index contributed by atoms with van der Waals surface area (Å²) >= 11 is 3.45. The molecule has 3 rings (SSSR count). The van der Waals surface area contributed by atoms with Crippen molar-refractivity contribution in [1.82, 2.24) is 15.1 Å². The van der Waals surface area contributed by atoms with Gasteiger partial charge in [0.2, 0.25) is 5.82 Å². The van der Waals surface area contributed by atoms with Crippen molar-refractivity contribution in [1.29, 1.82) is 0 Å². The topological polar surface area (TPSA) is 102 Å². The van der Waals surface area contributed by atoms with Gasteiger partial charge in [0.05, 0.1) is 11.1 Å². The zero-order chi connectivity index (χ0) is 21.0. The van der Waals surface area contributed by atoms with Crippen molar-refractivity contribution < 1.29 is 19.5 Å². The van der Waals surface area contributed by atoms with Gasteiger partial charge in [-0.25, -0.2) is 0 Å². The van der Waals surface area contributed by atoms with E-state index in [-0.39, 0.29) is 13.2 Å². The molecule has 0 saturated carbocycles. The van der Waals surface area contributed by atoms with Crippen molar-refractivity contribution in [2.75, 3.05) is 13.2 Å². The summed E-state index contributed by atoms with van der Waals surface area (Å²) in [6.07, 6.45) is -0.0412. The summed E-state index contributed by atoms with van der Waals surface area (Å²) in [6.45, 7) is 5.91. The number of nitrogens with zero attached hydrogens (tertiary/aromatic N) is 3. The molecule has 3 aromatic rings. The molecule has 0 saturated heterocycles. The third-order valence-corrected chi connectivity index (χ3v) is 4.75. The Hall–Kier alpha value is -2.29. The van der Waals surface area contributed by atoms with Gasteiger partial charge >= 0.3 is 0 Å². The van der Waals surface area contributed by atoms with Crippen LogP contribution in [0, 0.1) is 12.8 Å². The number of aromatic nitrogens is 3. The number of ether oxygens (including phenoxy) is 1. The third-order valence-electron chi connectivity index (χ3n) is 4.13. The molecule has 0 radical (unpaired) electrons. The van der Waals surface area contributed by atoms with Gasteiger partial charge in [0.1, 0.15) is 18.5 Å². The number of rotatable bonds is 8. The molecule has 29 heavy (non-hydrogen) atoms. The van der Waals surface area contributed by atoms with Crippen LogP contribution >= 0.6 is 15.9 Å². The summed E-state index contributed by atoms with van der Waals surface area (Å²) < 4.78 is 11.7. The van der Waals surface area contributed by atoms with Crippen LogP contribution < -0.4 is 4.74 Å². The van der Waals surface area contributed by atoms with E-state index in [1.807, 2.05) is 31.2 Å². The average Bonchev–Trinajstić information content (AvgIpc) is 3.16. The molecule has 2 aromatic heterocycles. The van der Waals surface area contributed by atoms with E-state index in [0.717, 1.165) is 28.9 Å². The molecule has 0 spiro atoms. The molecule has 0 aliphatic heterocycles. The quantitative estimate of drug-likeness (QED) is 0.525. The lowest BCUT2D eigenvalue weighted by Crippen LogP contribution is -2.21. The summed E-state index contributed by atoms with van der Waals surface area (Å²) in [5.41, 5.74) is 3.52. The van der Waals surface area contributed by atoms with Gasteiger partial charge in [-0.2, -0.15) is 4.98 Å². The zero-order valence-corrected chi connectivity index (χ0v) is 18.2. The van der Waals surface area contributed by atoms with Crippen LogP contribution in [0.15, 0.2) is 39.3 Å². The lowest BCUT2D eigenvalue weighted by molar-refractivity contribution is 0.0534. The monoisotopic (exact) mass is 461 g/mol. The maximum atomic E-state index is 9.41. The van der Waals surface area contributed by atoms with Crippen LogP contribution in [0.5, 0.6) is 5.75 Å². The second kappa shape index (κ2) is 9.47. The van der Waals surface area contributed by atoms with E-state index in [2.05, 4.69) is 44.9 Å². The van der Waals surface area contributed by atoms with Crippen molar-refractivity contribution in [2.45, 2.75) is 33.3 Å². The highest BCUT2D eigenvalue weighted by Crippen LogP contribution is 2.31. The maximum absolute atomic E-state index is 9.41. The van der Waals surface area contributed by atoms with E-state index < -0.39 is 6.10 Å². The SMILES string of the molecule is Cc1cc(-c2nc(-c3ccc(OC[C@@H](O)CO)c(Br)c3)no2)cc(CC(C)C)n1. The molecule has 0 bridgehead atoms. The van der Waals surface area contributed by atoms with Crippen molar-refractivity contribution in [3.63, 3.8) is 0 Å². The fourth-order valence-corrected chi connectivity index (χ4v) is 3.33. The van der Waals surface area contributed by atoms with Crippen molar-refractivity contribution >= 4 is 15.9 Å². The molecule has 1 aromatic carbocycles. The minimum atomic E-state index is -0.925. The first-order chi connectivity index (χ1) is 13.9. The Morgan fingerprint density at radius 1 is 1.14 bits per heavy atom. The van der Waals surface area contributed by atoms with Crippen molar-refractivity contribution in [3.8, 4) is 28.6 Å². The third kappa shape index (κ3) is 5.62. The number of hydrogen-bond acceptors (Lipinski definition) is 7. The first-order valence-corrected chi connectivity index (χ1v) is 10.2. The summed E-state index contributed by atoms with van der Waals surface area (Å²) in [4.78, 5) is 9.11. The van der Waals surface area contributed by atoms with Crippen molar-refractivity contribution in [2.24, 2.45) is 5.92 Å². The normalized spacial score (nSPS) is 12.4. The van der Waals surface area contributed by atoms with Crippen LogP contribution in [0.25, 0.3) is 22.8 Å². The zero-order valence-electron chi connectivity index (χ0n) is 16.6. The number of aliphatic hydroxyl groups is 2. The van der Waals surface area contributed by atoms with E-state index in [1.165, 1.54) is 0 Å². The fourth-order valence-electron chi connectivity index (χ4n) is 2.84. The second-order valence-electron chi connectivity index (χ2n) is 7.30. The Labute approximate surface area is 177 Å². The number of aliphatic hydroxyl groups excluding tert-OH is 2. The minimum absolute atomic E-state index is 0.000902. The molecule has 2 N–H and O–H groups in total. The number of benzene rings is 1. The van der Waals surface area contributed by atoms with Gasteiger partial charge in [0, 0.05) is 22.5 Å². The largest absolute Gasteiger partial charge is 0.490 e. The molecular formula is C21H24BrN3O4. The fraction of sp³-hybridized carbons (Fsp3) is 0.381. The highest BCUT2D eigenvalue weighted by atomic mass is 79.9. The molecule has 154 valence electrons. The standard InChI is InChI=1S/C21H24BrN3O4/c1-12(2)6-16-8-15(7-13(3)23-16)21-24-20(25-29-21)14-4-5-19(18(22)9-14)28-11-17(27)10-26/h4-5,7-9,12,17,26-27H,6,10-11H2,1-3H3/t17-/m0/s1. The number of aryl methyl sites for hydroxylation is 1. The summed E-state index contributed by atoms with van der Waals surface area (Å²) in [7, 11) is 0. The highest BCUT2D eigenvalue weighted by Gasteiger charge is 2.15. The van der Waals surface area contributed by atoms with Crippen LogP contribution in [0.4, 0.5) is 0 Å². The molecule has 8 heteroatoms. The molecule has 7 nitrogen and oxygen atoms in total. The molecule has 0 unspecified atom stereocenters. The Bertz CT molecular complexity index is 974. The van der Waals surface area contributed by atoms with Gasteiger partial charge in [0.15, 0.2) is 0 Å². The predicted octanol–water partition coefficient (Wildman–Crippen LogP) is 3.80. The number of pyridine rings is 1. The minimum Gasteiger partial charge on any atom is -0.490 e. The van der Waals surface area contributed by atoms with E-state index in [4.69, 9.17) is 14.4 Å². The lowest BCUT2D eigenvalue weighted by atomic mass is 10.1. The first kappa shape index (κ1) is 21.4. The van der Waals surface area contributed by atoms with Crippen LogP contribution in [0.3, 0.4) is 0 Å². The van der Waals surface area contributed by atoms with Crippen molar-refractivity contribution in [3.05, 3.63) is 46.2 Å².